The third kappa shape index (κ3) is 4.56. The third-order valence-corrected chi connectivity index (χ3v) is 7.56. The van der Waals surface area contributed by atoms with E-state index < -0.39 is 15.8 Å². The second-order valence-corrected chi connectivity index (χ2v) is 9.60. The Bertz CT molecular complexity index is 1220. The molecule has 168 valence electrons. The summed E-state index contributed by atoms with van der Waals surface area (Å²) in [7, 11) is -3.91. The van der Waals surface area contributed by atoms with Gasteiger partial charge in [0.2, 0.25) is 15.9 Å². The highest BCUT2D eigenvalue weighted by atomic mass is 32.2. The molecule has 1 aliphatic rings. The smallest absolute Gasteiger partial charge is 0.245 e. The molecule has 0 atom stereocenters. The molecule has 1 N–H and O–H groups in total. The van der Waals surface area contributed by atoms with Crippen LogP contribution in [0, 0.1) is 18.7 Å². The molecule has 0 aliphatic carbocycles. The van der Waals surface area contributed by atoms with Gasteiger partial charge in [-0.1, -0.05) is 12.1 Å². The first kappa shape index (κ1) is 22.1. The van der Waals surface area contributed by atoms with E-state index in [9.17, 15) is 17.6 Å². The van der Waals surface area contributed by atoms with Crippen molar-refractivity contribution in [3.05, 3.63) is 72.2 Å². The third-order valence-electron chi connectivity index (χ3n) is 5.63. The topological polar surface area (TPSA) is 97.2 Å². The van der Waals surface area contributed by atoms with Gasteiger partial charge in [0.25, 0.3) is 0 Å². The molecule has 0 radical (unpaired) electrons. The van der Waals surface area contributed by atoms with Crippen molar-refractivity contribution in [1.29, 1.82) is 0 Å². The van der Waals surface area contributed by atoms with Gasteiger partial charge in [-0.3, -0.25) is 9.36 Å². The van der Waals surface area contributed by atoms with E-state index in [1.165, 1.54) is 22.5 Å². The Kier molecular flexibility index (Phi) is 6.33. The summed E-state index contributed by atoms with van der Waals surface area (Å²) >= 11 is 0. The fourth-order valence-electron chi connectivity index (χ4n) is 3.81. The Balaban J connectivity index is 1.34. The van der Waals surface area contributed by atoms with Crippen molar-refractivity contribution in [3.8, 4) is 5.82 Å². The van der Waals surface area contributed by atoms with Gasteiger partial charge in [-0.25, -0.2) is 22.8 Å². The zero-order chi connectivity index (χ0) is 22.7. The van der Waals surface area contributed by atoms with Crippen LogP contribution in [-0.2, 0) is 21.4 Å². The Morgan fingerprint density at radius 2 is 1.91 bits per heavy atom. The molecule has 1 aromatic carbocycles. The van der Waals surface area contributed by atoms with Gasteiger partial charge in [0.05, 0.1) is 0 Å². The molecule has 1 aliphatic heterocycles. The average molecular weight is 458 g/mol. The number of benzene rings is 1. The minimum absolute atomic E-state index is 0.120. The Hall–Kier alpha value is -3.11. The lowest BCUT2D eigenvalue weighted by Crippen LogP contribution is -2.43. The normalized spacial score (nSPS) is 15.6. The molecule has 8 nitrogen and oxygen atoms in total. The van der Waals surface area contributed by atoms with Crippen molar-refractivity contribution in [2.24, 2.45) is 5.92 Å². The van der Waals surface area contributed by atoms with Crippen LogP contribution >= 0.6 is 0 Å². The monoisotopic (exact) mass is 457 g/mol. The van der Waals surface area contributed by atoms with E-state index in [0.717, 1.165) is 23.3 Å². The molecule has 32 heavy (non-hydrogen) atoms. The number of sulfonamides is 1. The molecular weight excluding hydrogens is 433 g/mol. The number of nitrogens with one attached hydrogen (secondary N) is 1. The number of aromatic nitrogens is 3. The van der Waals surface area contributed by atoms with E-state index in [-0.39, 0.29) is 29.8 Å². The highest BCUT2D eigenvalue weighted by molar-refractivity contribution is 7.89. The first-order valence-electron chi connectivity index (χ1n) is 10.3. The number of aryl methyl sites for hydroxylation is 1. The zero-order valence-corrected chi connectivity index (χ0v) is 18.4. The number of rotatable bonds is 6. The van der Waals surface area contributed by atoms with Crippen LogP contribution in [0.5, 0.6) is 0 Å². The van der Waals surface area contributed by atoms with Crippen molar-refractivity contribution in [2.45, 2.75) is 31.2 Å². The molecule has 0 bridgehead atoms. The lowest BCUT2D eigenvalue weighted by atomic mass is 9.97. The number of piperidine rings is 1. The fraction of sp³-hybridized carbons (Fsp3) is 0.318. The van der Waals surface area contributed by atoms with Gasteiger partial charge in [-0.05, 0) is 49.6 Å². The number of carbonyl (C=O) groups is 1. The summed E-state index contributed by atoms with van der Waals surface area (Å²) < 4.78 is 42.5. The number of amides is 1. The molecule has 0 unspecified atom stereocenters. The van der Waals surface area contributed by atoms with Crippen LogP contribution in [-0.4, -0.2) is 46.3 Å². The summed E-state index contributed by atoms with van der Waals surface area (Å²) in [6.45, 7) is 2.58. The Morgan fingerprint density at radius 3 is 2.59 bits per heavy atom. The van der Waals surface area contributed by atoms with Crippen LogP contribution in [0.15, 0.2) is 59.9 Å². The molecule has 1 amide bonds. The molecule has 0 spiro atoms. The standard InChI is InChI=1S/C22H24FN5O3S/c1-16-24-10-13-28(16)21-14-17(6-9-25-21)15-26-22(29)18-7-11-27(12-8-18)32(30,31)20-5-3-2-4-19(20)23/h2-6,9-10,13-14,18H,7-8,11-12,15H2,1H3,(H,26,29). The SMILES string of the molecule is Cc1nccn1-c1cc(CNC(=O)C2CCN(S(=O)(=O)c3ccccc3F)CC2)ccn1. The van der Waals surface area contributed by atoms with E-state index in [2.05, 4.69) is 15.3 Å². The van der Waals surface area contributed by atoms with Gasteiger partial charge in [-0.2, -0.15) is 4.31 Å². The van der Waals surface area contributed by atoms with Crippen LogP contribution in [0.25, 0.3) is 5.82 Å². The van der Waals surface area contributed by atoms with Gasteiger partial charge in [-0.15, -0.1) is 0 Å². The molecule has 4 rings (SSSR count). The van der Waals surface area contributed by atoms with Gasteiger partial charge >= 0.3 is 0 Å². The first-order valence-corrected chi connectivity index (χ1v) is 11.8. The Labute approximate surface area is 186 Å². The molecule has 3 aromatic rings. The molecule has 1 fully saturated rings. The molecule has 3 heterocycles. The van der Waals surface area contributed by atoms with Gasteiger partial charge in [0, 0.05) is 44.1 Å². The van der Waals surface area contributed by atoms with Crippen molar-refractivity contribution in [3.63, 3.8) is 0 Å². The minimum atomic E-state index is -3.91. The number of hydrogen-bond acceptors (Lipinski definition) is 5. The highest BCUT2D eigenvalue weighted by Crippen LogP contribution is 2.25. The predicted molar refractivity (Wildman–Crippen MR) is 116 cm³/mol. The van der Waals surface area contributed by atoms with Crippen LogP contribution in [0.4, 0.5) is 4.39 Å². The van der Waals surface area contributed by atoms with Gasteiger partial charge in [0.1, 0.15) is 22.4 Å². The number of carbonyl (C=O) groups excluding carboxylic acids is 1. The van der Waals surface area contributed by atoms with Crippen LogP contribution in [0.3, 0.4) is 0 Å². The van der Waals surface area contributed by atoms with E-state index >= 15 is 0 Å². The van der Waals surface area contributed by atoms with E-state index in [0.29, 0.717) is 19.4 Å². The second kappa shape index (κ2) is 9.17. The van der Waals surface area contributed by atoms with E-state index in [1.807, 2.05) is 29.8 Å². The lowest BCUT2D eigenvalue weighted by Gasteiger charge is -2.30. The van der Waals surface area contributed by atoms with Crippen molar-refractivity contribution in [2.75, 3.05) is 13.1 Å². The minimum Gasteiger partial charge on any atom is -0.352 e. The molecule has 10 heteroatoms. The summed E-state index contributed by atoms with van der Waals surface area (Å²) in [4.78, 5) is 20.9. The first-order chi connectivity index (χ1) is 15.4. The Morgan fingerprint density at radius 1 is 1.16 bits per heavy atom. The van der Waals surface area contributed by atoms with Crippen LogP contribution in [0.1, 0.15) is 24.2 Å². The van der Waals surface area contributed by atoms with Crippen LogP contribution in [0.2, 0.25) is 0 Å². The number of imidazole rings is 1. The van der Waals surface area contributed by atoms with Gasteiger partial charge in [0.15, 0.2) is 0 Å². The quantitative estimate of drug-likeness (QED) is 0.613. The fourth-order valence-corrected chi connectivity index (χ4v) is 5.34. The summed E-state index contributed by atoms with van der Waals surface area (Å²) in [6.07, 6.45) is 5.97. The average Bonchev–Trinajstić information content (AvgIpc) is 3.24. The van der Waals surface area contributed by atoms with Gasteiger partial charge < -0.3 is 5.32 Å². The summed E-state index contributed by atoms with van der Waals surface area (Å²) in [5.74, 6) is 0.355. The number of nitrogens with zero attached hydrogens (tertiary/aromatic N) is 4. The second-order valence-electron chi connectivity index (χ2n) is 7.69. The summed E-state index contributed by atoms with van der Waals surface area (Å²) in [5.41, 5.74) is 0.899. The van der Waals surface area contributed by atoms with E-state index in [1.54, 1.807) is 12.4 Å². The number of hydrogen-bond donors (Lipinski definition) is 1. The number of pyridine rings is 1. The molecule has 2 aromatic heterocycles. The number of halogens is 1. The highest BCUT2D eigenvalue weighted by Gasteiger charge is 2.33. The molecule has 0 saturated carbocycles. The maximum Gasteiger partial charge on any atom is 0.245 e. The van der Waals surface area contributed by atoms with E-state index in [4.69, 9.17) is 0 Å². The molecule has 1 saturated heterocycles. The molecular formula is C22H24FN5O3S. The lowest BCUT2D eigenvalue weighted by molar-refractivity contribution is -0.126. The summed E-state index contributed by atoms with van der Waals surface area (Å²) in [6, 6.07) is 9.06. The van der Waals surface area contributed by atoms with Crippen molar-refractivity contribution >= 4 is 15.9 Å². The maximum atomic E-state index is 14.0. The summed E-state index contributed by atoms with van der Waals surface area (Å²) in [5, 5.41) is 2.93. The van der Waals surface area contributed by atoms with Crippen LogP contribution < -0.4 is 5.32 Å². The maximum absolute atomic E-state index is 14.0. The van der Waals surface area contributed by atoms with Crippen molar-refractivity contribution < 1.29 is 17.6 Å². The largest absolute Gasteiger partial charge is 0.352 e. The van der Waals surface area contributed by atoms with Crippen molar-refractivity contribution in [1.82, 2.24) is 24.2 Å². The predicted octanol–water partition coefficient (Wildman–Crippen LogP) is 2.43. The zero-order valence-electron chi connectivity index (χ0n) is 17.6.